The second kappa shape index (κ2) is 9.48. The van der Waals surface area contributed by atoms with Crippen molar-refractivity contribution in [2.45, 2.75) is 20.3 Å². The fraction of sp³-hybridized carbons (Fsp3) is 0.438. The van der Waals surface area contributed by atoms with Crippen molar-refractivity contribution < 1.29 is 14.3 Å². The molecular weight excluding hydrogens is 240 g/mol. The normalized spacial score (nSPS) is 11.1. The van der Waals surface area contributed by atoms with Gasteiger partial charge in [-0.2, -0.15) is 0 Å². The van der Waals surface area contributed by atoms with Gasteiger partial charge >= 0.3 is 0 Å². The van der Waals surface area contributed by atoms with Crippen molar-refractivity contribution in [3.8, 4) is 0 Å². The molecule has 1 aromatic carbocycles. The van der Waals surface area contributed by atoms with Crippen LogP contribution in [0.25, 0.3) is 6.08 Å². The van der Waals surface area contributed by atoms with Crippen LogP contribution in [0, 0.1) is 0 Å². The van der Waals surface area contributed by atoms with Crippen molar-refractivity contribution >= 4 is 11.9 Å². The Morgan fingerprint density at radius 3 is 2.63 bits per heavy atom. The number of hydrogen-bond donors (Lipinski definition) is 0. The summed E-state index contributed by atoms with van der Waals surface area (Å²) in [5, 5.41) is 0. The van der Waals surface area contributed by atoms with Gasteiger partial charge in [0.25, 0.3) is 0 Å². The van der Waals surface area contributed by atoms with E-state index in [9.17, 15) is 4.79 Å². The number of ether oxygens (including phenoxy) is 2. The molecule has 0 fully saturated rings. The summed E-state index contributed by atoms with van der Waals surface area (Å²) in [5.74, 6) is 0.0779. The second-order valence-corrected chi connectivity index (χ2v) is 4.23. The van der Waals surface area contributed by atoms with Gasteiger partial charge in [0.1, 0.15) is 0 Å². The Morgan fingerprint density at radius 2 is 1.89 bits per heavy atom. The van der Waals surface area contributed by atoms with Crippen LogP contribution in [0.3, 0.4) is 0 Å². The zero-order chi connectivity index (χ0) is 13.9. The number of rotatable bonds is 9. The number of benzene rings is 1. The SMILES string of the molecule is CCCOCCOC/C=C/c1ccccc1C(C)=O. The highest BCUT2D eigenvalue weighted by Crippen LogP contribution is 2.11. The zero-order valence-corrected chi connectivity index (χ0v) is 11.7. The first kappa shape index (κ1) is 15.6. The van der Waals surface area contributed by atoms with Gasteiger partial charge in [-0.05, 0) is 18.9 Å². The van der Waals surface area contributed by atoms with Crippen LogP contribution in [0.1, 0.15) is 36.2 Å². The average Bonchev–Trinajstić information content (AvgIpc) is 2.42. The van der Waals surface area contributed by atoms with Crippen molar-refractivity contribution in [2.75, 3.05) is 26.4 Å². The van der Waals surface area contributed by atoms with E-state index in [1.54, 1.807) is 6.92 Å². The Balaban J connectivity index is 2.31. The lowest BCUT2D eigenvalue weighted by atomic mass is 10.0. The number of Topliss-reactive ketones (excluding diaryl/α,β-unsaturated/α-hetero) is 1. The van der Waals surface area contributed by atoms with E-state index in [1.165, 1.54) is 0 Å². The van der Waals surface area contributed by atoms with E-state index < -0.39 is 0 Å². The Morgan fingerprint density at radius 1 is 1.16 bits per heavy atom. The lowest BCUT2D eigenvalue weighted by Crippen LogP contribution is -2.04. The minimum atomic E-state index is 0.0779. The van der Waals surface area contributed by atoms with Gasteiger partial charge in [0, 0.05) is 12.2 Å². The van der Waals surface area contributed by atoms with Crippen molar-refractivity contribution in [3.05, 3.63) is 41.5 Å². The summed E-state index contributed by atoms with van der Waals surface area (Å²) >= 11 is 0. The molecule has 0 saturated heterocycles. The van der Waals surface area contributed by atoms with Gasteiger partial charge in [0.15, 0.2) is 5.78 Å². The molecule has 0 atom stereocenters. The van der Waals surface area contributed by atoms with Gasteiger partial charge in [-0.1, -0.05) is 43.3 Å². The average molecular weight is 262 g/mol. The molecule has 3 heteroatoms. The van der Waals surface area contributed by atoms with Gasteiger partial charge < -0.3 is 9.47 Å². The van der Waals surface area contributed by atoms with Gasteiger partial charge in [-0.3, -0.25) is 4.79 Å². The summed E-state index contributed by atoms with van der Waals surface area (Å²) in [7, 11) is 0. The van der Waals surface area contributed by atoms with Crippen LogP contribution in [0.4, 0.5) is 0 Å². The molecule has 3 nitrogen and oxygen atoms in total. The quantitative estimate of drug-likeness (QED) is 0.506. The van der Waals surface area contributed by atoms with Crippen LogP contribution < -0.4 is 0 Å². The van der Waals surface area contributed by atoms with E-state index >= 15 is 0 Å². The highest BCUT2D eigenvalue weighted by Gasteiger charge is 2.02. The molecule has 0 aliphatic rings. The van der Waals surface area contributed by atoms with Crippen molar-refractivity contribution in [2.24, 2.45) is 0 Å². The first-order chi connectivity index (χ1) is 9.25. The van der Waals surface area contributed by atoms with Crippen LogP contribution >= 0.6 is 0 Å². The fourth-order valence-electron chi connectivity index (χ4n) is 1.65. The Kier molecular flexibility index (Phi) is 7.78. The Bertz CT molecular complexity index is 410. The van der Waals surface area contributed by atoms with E-state index in [2.05, 4.69) is 6.92 Å². The molecule has 1 rings (SSSR count). The number of carbonyl (C=O) groups excluding carboxylic acids is 1. The zero-order valence-electron chi connectivity index (χ0n) is 11.7. The van der Waals surface area contributed by atoms with Gasteiger partial charge in [0.05, 0.1) is 19.8 Å². The van der Waals surface area contributed by atoms with E-state index in [0.717, 1.165) is 24.2 Å². The molecule has 0 aromatic heterocycles. The van der Waals surface area contributed by atoms with Crippen LogP contribution in [0.15, 0.2) is 30.3 Å². The molecule has 0 N–H and O–H groups in total. The predicted molar refractivity (Wildman–Crippen MR) is 77.4 cm³/mol. The molecule has 1 aromatic rings. The van der Waals surface area contributed by atoms with Crippen LogP contribution in [-0.2, 0) is 9.47 Å². The summed E-state index contributed by atoms with van der Waals surface area (Å²) in [6.07, 6.45) is 4.87. The standard InChI is InChI=1S/C16H22O3/c1-3-10-18-12-13-19-11-6-8-15-7-4-5-9-16(15)14(2)17/h4-9H,3,10-13H2,1-2H3/b8-6+. The molecule has 0 bridgehead atoms. The monoisotopic (exact) mass is 262 g/mol. The number of carbonyl (C=O) groups is 1. The molecule has 104 valence electrons. The van der Waals surface area contributed by atoms with Crippen molar-refractivity contribution in [3.63, 3.8) is 0 Å². The minimum absolute atomic E-state index is 0.0779. The third kappa shape index (κ3) is 6.32. The second-order valence-electron chi connectivity index (χ2n) is 4.23. The van der Waals surface area contributed by atoms with E-state index in [-0.39, 0.29) is 5.78 Å². The molecule has 0 unspecified atom stereocenters. The molecule has 19 heavy (non-hydrogen) atoms. The highest BCUT2D eigenvalue weighted by atomic mass is 16.5. The molecule has 0 saturated carbocycles. The maximum absolute atomic E-state index is 11.4. The predicted octanol–water partition coefficient (Wildman–Crippen LogP) is 3.35. The Hall–Kier alpha value is -1.45. The maximum Gasteiger partial charge on any atom is 0.160 e. The third-order valence-corrected chi connectivity index (χ3v) is 2.57. The third-order valence-electron chi connectivity index (χ3n) is 2.57. The van der Waals surface area contributed by atoms with Crippen LogP contribution in [0.5, 0.6) is 0 Å². The van der Waals surface area contributed by atoms with E-state index in [1.807, 2.05) is 36.4 Å². The minimum Gasteiger partial charge on any atom is -0.379 e. The summed E-state index contributed by atoms with van der Waals surface area (Å²) < 4.78 is 10.7. The summed E-state index contributed by atoms with van der Waals surface area (Å²) in [5.41, 5.74) is 1.67. The maximum atomic E-state index is 11.4. The largest absolute Gasteiger partial charge is 0.379 e. The topological polar surface area (TPSA) is 35.5 Å². The van der Waals surface area contributed by atoms with E-state index in [0.29, 0.717) is 19.8 Å². The van der Waals surface area contributed by atoms with Crippen LogP contribution in [0.2, 0.25) is 0 Å². The molecular formula is C16H22O3. The first-order valence-electron chi connectivity index (χ1n) is 6.67. The number of hydrogen-bond acceptors (Lipinski definition) is 3. The number of ketones is 1. The fourth-order valence-corrected chi connectivity index (χ4v) is 1.65. The lowest BCUT2D eigenvalue weighted by molar-refractivity contribution is 0.0588. The lowest BCUT2D eigenvalue weighted by Gasteiger charge is -2.03. The van der Waals surface area contributed by atoms with Crippen molar-refractivity contribution in [1.82, 2.24) is 0 Å². The smallest absolute Gasteiger partial charge is 0.160 e. The molecule has 0 amide bonds. The first-order valence-corrected chi connectivity index (χ1v) is 6.67. The molecule has 0 aliphatic heterocycles. The highest BCUT2D eigenvalue weighted by molar-refractivity contribution is 5.97. The summed E-state index contributed by atoms with van der Waals surface area (Å²) in [4.78, 5) is 11.4. The summed E-state index contributed by atoms with van der Waals surface area (Å²) in [6, 6.07) is 7.56. The molecule has 0 heterocycles. The summed E-state index contributed by atoms with van der Waals surface area (Å²) in [6.45, 7) is 6.20. The van der Waals surface area contributed by atoms with Crippen molar-refractivity contribution in [1.29, 1.82) is 0 Å². The van der Waals surface area contributed by atoms with Crippen LogP contribution in [-0.4, -0.2) is 32.2 Å². The molecule has 0 radical (unpaired) electrons. The van der Waals surface area contributed by atoms with Gasteiger partial charge in [-0.15, -0.1) is 0 Å². The Labute approximate surface area is 115 Å². The van der Waals surface area contributed by atoms with Gasteiger partial charge in [-0.25, -0.2) is 0 Å². The van der Waals surface area contributed by atoms with E-state index in [4.69, 9.17) is 9.47 Å². The molecule has 0 aliphatic carbocycles. The van der Waals surface area contributed by atoms with Gasteiger partial charge in [0.2, 0.25) is 0 Å². The molecule has 0 spiro atoms.